The summed E-state index contributed by atoms with van der Waals surface area (Å²) in [6.45, 7) is 16.9. The van der Waals surface area contributed by atoms with Crippen molar-refractivity contribution < 1.29 is 66.4 Å². The van der Waals surface area contributed by atoms with Crippen LogP contribution in [0.5, 0.6) is 0 Å². The Morgan fingerprint density at radius 1 is 0.288 bits per heavy atom. The molecule has 0 aliphatic carbocycles. The van der Waals surface area contributed by atoms with E-state index < -0.39 is 0 Å². The lowest BCUT2D eigenvalue weighted by Gasteiger charge is -2.09. The van der Waals surface area contributed by atoms with Gasteiger partial charge in [-0.2, -0.15) is 0 Å². The minimum Gasteiger partial charge on any atom is -0.463 e. The Morgan fingerprint density at radius 3 is 0.788 bits per heavy atom. The Labute approximate surface area is 315 Å². The molecule has 0 aromatic rings. The summed E-state index contributed by atoms with van der Waals surface area (Å²) in [7, 11) is 0. The highest BCUT2D eigenvalue weighted by atomic mass is 16.6. The second kappa shape index (κ2) is 48.0. The molecular weight excluding hydrogens is 680 g/mol. The smallest absolute Gasteiger partial charge is 0.305 e. The van der Waals surface area contributed by atoms with E-state index in [1.54, 1.807) is 0 Å². The van der Waals surface area contributed by atoms with Crippen LogP contribution in [0.1, 0.15) is 78.1 Å². The van der Waals surface area contributed by atoms with Crippen molar-refractivity contribution in [3.05, 3.63) is 0 Å². The zero-order valence-corrected chi connectivity index (χ0v) is 33.0. The molecule has 0 rings (SSSR count). The fraction of sp³-hybridized carbons (Fsp3) is 0.974. The van der Waals surface area contributed by atoms with Crippen molar-refractivity contribution in [3.8, 4) is 0 Å². The van der Waals surface area contributed by atoms with E-state index in [1.807, 2.05) is 6.92 Å². The number of hydrogen-bond acceptors (Lipinski definition) is 14. The Kier molecular flexibility index (Phi) is 47.1. The number of esters is 1. The summed E-state index contributed by atoms with van der Waals surface area (Å²) in [6, 6.07) is 0. The molecule has 312 valence electrons. The van der Waals surface area contributed by atoms with E-state index in [2.05, 4.69) is 6.92 Å². The van der Waals surface area contributed by atoms with Crippen molar-refractivity contribution in [2.75, 3.05) is 165 Å². The number of unbranched alkanes of at least 4 members (excludes halogenated alkanes) is 8. The Morgan fingerprint density at radius 2 is 0.519 bits per heavy atom. The van der Waals surface area contributed by atoms with E-state index in [4.69, 9.17) is 61.6 Å². The molecule has 0 radical (unpaired) electrons. The van der Waals surface area contributed by atoms with E-state index in [0.717, 1.165) is 12.8 Å². The van der Waals surface area contributed by atoms with E-state index in [9.17, 15) is 4.79 Å². The SMILES string of the molecule is CCCCCCCCCCCC(=O)OCCOCCOCCOCCOCCOCCOCCOCCOCCOCCOCCOCCOCC. The van der Waals surface area contributed by atoms with Crippen molar-refractivity contribution in [3.63, 3.8) is 0 Å². The van der Waals surface area contributed by atoms with Crippen molar-refractivity contribution in [2.45, 2.75) is 78.1 Å². The molecule has 0 saturated heterocycles. The van der Waals surface area contributed by atoms with Gasteiger partial charge < -0.3 is 61.6 Å². The Balaban J connectivity index is 3.10. The summed E-state index contributed by atoms with van der Waals surface area (Å²) in [5.41, 5.74) is 0. The first kappa shape index (κ1) is 51.0. The van der Waals surface area contributed by atoms with Crippen LogP contribution in [0, 0.1) is 0 Å². The molecule has 0 heterocycles. The van der Waals surface area contributed by atoms with Gasteiger partial charge in [0.2, 0.25) is 0 Å². The molecule has 52 heavy (non-hydrogen) atoms. The predicted octanol–water partition coefficient (Wildman–Crippen LogP) is 4.67. The highest BCUT2D eigenvalue weighted by Crippen LogP contribution is 2.10. The van der Waals surface area contributed by atoms with Gasteiger partial charge in [-0.05, 0) is 13.3 Å². The van der Waals surface area contributed by atoms with E-state index in [0.29, 0.717) is 165 Å². The maximum absolute atomic E-state index is 11.8. The number of carbonyl (C=O) groups is 1. The fourth-order valence-corrected chi connectivity index (χ4v) is 4.43. The first-order valence-electron chi connectivity index (χ1n) is 19.9. The predicted molar refractivity (Wildman–Crippen MR) is 198 cm³/mol. The summed E-state index contributed by atoms with van der Waals surface area (Å²) in [6.07, 6.45) is 11.6. The zero-order chi connectivity index (χ0) is 37.5. The van der Waals surface area contributed by atoms with Crippen LogP contribution in [0.3, 0.4) is 0 Å². The molecule has 0 aliphatic rings. The Bertz CT molecular complexity index is 661. The largest absolute Gasteiger partial charge is 0.463 e. The molecule has 0 bridgehead atoms. The average molecular weight is 757 g/mol. The van der Waals surface area contributed by atoms with Crippen molar-refractivity contribution in [1.29, 1.82) is 0 Å². The first-order chi connectivity index (χ1) is 25.8. The minimum atomic E-state index is -0.137. The van der Waals surface area contributed by atoms with Gasteiger partial charge in [0.25, 0.3) is 0 Å². The van der Waals surface area contributed by atoms with E-state index in [1.165, 1.54) is 44.9 Å². The van der Waals surface area contributed by atoms with Crippen LogP contribution >= 0.6 is 0 Å². The molecule has 0 aromatic heterocycles. The van der Waals surface area contributed by atoms with Crippen LogP contribution in [-0.4, -0.2) is 171 Å². The van der Waals surface area contributed by atoms with Gasteiger partial charge in [0.1, 0.15) is 6.61 Å². The topological polar surface area (TPSA) is 137 Å². The van der Waals surface area contributed by atoms with Crippen LogP contribution in [0.15, 0.2) is 0 Å². The van der Waals surface area contributed by atoms with Crippen LogP contribution in [0.25, 0.3) is 0 Å². The highest BCUT2D eigenvalue weighted by molar-refractivity contribution is 5.69. The van der Waals surface area contributed by atoms with E-state index in [-0.39, 0.29) is 12.6 Å². The molecule has 0 fully saturated rings. The lowest BCUT2D eigenvalue weighted by molar-refractivity contribution is -0.145. The molecule has 0 spiro atoms. The Hall–Kier alpha value is -1.01. The van der Waals surface area contributed by atoms with Gasteiger partial charge in [0.05, 0.1) is 152 Å². The molecular formula is C38H76O14. The van der Waals surface area contributed by atoms with Gasteiger partial charge >= 0.3 is 5.97 Å². The van der Waals surface area contributed by atoms with Gasteiger partial charge in [0.15, 0.2) is 0 Å². The second-order valence-electron chi connectivity index (χ2n) is 11.7. The normalized spacial score (nSPS) is 11.5. The van der Waals surface area contributed by atoms with Crippen molar-refractivity contribution >= 4 is 5.97 Å². The molecule has 0 amide bonds. The monoisotopic (exact) mass is 757 g/mol. The highest BCUT2D eigenvalue weighted by Gasteiger charge is 2.03. The fourth-order valence-electron chi connectivity index (χ4n) is 4.43. The third kappa shape index (κ3) is 47.0. The first-order valence-corrected chi connectivity index (χ1v) is 19.9. The van der Waals surface area contributed by atoms with Gasteiger partial charge in [-0.25, -0.2) is 0 Å². The number of hydrogen-bond donors (Lipinski definition) is 0. The number of ether oxygens (including phenoxy) is 13. The van der Waals surface area contributed by atoms with Crippen molar-refractivity contribution in [1.82, 2.24) is 0 Å². The van der Waals surface area contributed by atoms with E-state index >= 15 is 0 Å². The lowest BCUT2D eigenvalue weighted by Crippen LogP contribution is -2.15. The summed E-state index contributed by atoms with van der Waals surface area (Å²) in [4.78, 5) is 11.8. The summed E-state index contributed by atoms with van der Waals surface area (Å²) in [5.74, 6) is -0.137. The summed E-state index contributed by atoms with van der Waals surface area (Å²) in [5, 5.41) is 0. The van der Waals surface area contributed by atoms with Crippen LogP contribution in [0.4, 0.5) is 0 Å². The summed E-state index contributed by atoms with van der Waals surface area (Å²) < 4.78 is 70.5. The third-order valence-corrected chi connectivity index (χ3v) is 7.27. The molecule has 0 atom stereocenters. The molecule has 14 nitrogen and oxygen atoms in total. The van der Waals surface area contributed by atoms with Crippen LogP contribution in [-0.2, 0) is 66.4 Å². The molecule has 0 saturated carbocycles. The number of carbonyl (C=O) groups excluding carboxylic acids is 1. The molecule has 0 unspecified atom stereocenters. The summed E-state index contributed by atoms with van der Waals surface area (Å²) >= 11 is 0. The lowest BCUT2D eigenvalue weighted by atomic mass is 10.1. The van der Waals surface area contributed by atoms with Crippen LogP contribution < -0.4 is 0 Å². The van der Waals surface area contributed by atoms with Crippen LogP contribution in [0.2, 0.25) is 0 Å². The van der Waals surface area contributed by atoms with Crippen molar-refractivity contribution in [2.24, 2.45) is 0 Å². The average Bonchev–Trinajstić information content (AvgIpc) is 3.15. The van der Waals surface area contributed by atoms with Gasteiger partial charge in [-0.3, -0.25) is 4.79 Å². The maximum Gasteiger partial charge on any atom is 0.305 e. The molecule has 0 aliphatic heterocycles. The van der Waals surface area contributed by atoms with Gasteiger partial charge in [-0.1, -0.05) is 58.3 Å². The quantitative estimate of drug-likeness (QED) is 0.0628. The second-order valence-corrected chi connectivity index (χ2v) is 11.7. The van der Waals surface area contributed by atoms with Gasteiger partial charge in [0, 0.05) is 13.0 Å². The zero-order valence-electron chi connectivity index (χ0n) is 33.0. The molecule has 14 heteroatoms. The maximum atomic E-state index is 11.8. The van der Waals surface area contributed by atoms with Gasteiger partial charge in [-0.15, -0.1) is 0 Å². The molecule has 0 aromatic carbocycles. The third-order valence-electron chi connectivity index (χ3n) is 7.27. The minimum absolute atomic E-state index is 0.137. The number of rotatable bonds is 47. The molecule has 0 N–H and O–H groups in total. The standard InChI is InChI=1S/C38H76O14/c1-3-5-6-7-8-9-10-11-12-13-38(39)52-37-36-51-35-34-50-33-32-49-31-30-48-29-28-47-27-26-46-25-24-45-23-22-44-21-20-43-19-18-42-17-16-41-15-14-40-4-2/h3-37H2,1-2H3.